The van der Waals surface area contributed by atoms with Gasteiger partial charge in [0.2, 0.25) is 5.91 Å². The zero-order valence-corrected chi connectivity index (χ0v) is 13.6. The number of hydrogen-bond acceptors (Lipinski definition) is 3. The molecule has 2 heterocycles. The second-order valence-corrected chi connectivity index (χ2v) is 6.37. The Morgan fingerprint density at radius 3 is 2.83 bits per heavy atom. The molecule has 1 amide bonds. The summed E-state index contributed by atoms with van der Waals surface area (Å²) < 4.78 is 5.44. The van der Waals surface area contributed by atoms with Crippen LogP contribution in [0, 0.1) is 11.8 Å². The molecule has 0 aliphatic heterocycles. The van der Waals surface area contributed by atoms with Gasteiger partial charge in [0, 0.05) is 24.9 Å². The van der Waals surface area contributed by atoms with Crippen LogP contribution in [0.5, 0.6) is 0 Å². The zero-order chi connectivity index (χ0) is 16.1. The SMILES string of the molecule is CCCC[C@@H]1C[C@@H]1C(=O)N(Cc1ccncc1)Cc1ccco1. The van der Waals surface area contributed by atoms with E-state index in [9.17, 15) is 4.79 Å². The minimum Gasteiger partial charge on any atom is -0.467 e. The van der Waals surface area contributed by atoms with E-state index in [1.165, 1.54) is 19.3 Å². The molecule has 23 heavy (non-hydrogen) atoms. The summed E-state index contributed by atoms with van der Waals surface area (Å²) in [6.45, 7) is 3.34. The third-order valence-corrected chi connectivity index (χ3v) is 4.53. The molecule has 4 nitrogen and oxygen atoms in total. The van der Waals surface area contributed by atoms with Gasteiger partial charge in [-0.15, -0.1) is 0 Å². The lowest BCUT2D eigenvalue weighted by Crippen LogP contribution is -2.31. The zero-order valence-electron chi connectivity index (χ0n) is 13.6. The quantitative estimate of drug-likeness (QED) is 0.739. The fourth-order valence-corrected chi connectivity index (χ4v) is 3.08. The van der Waals surface area contributed by atoms with Crippen LogP contribution in [0.4, 0.5) is 0 Å². The summed E-state index contributed by atoms with van der Waals surface area (Å²) in [4.78, 5) is 18.8. The van der Waals surface area contributed by atoms with Crippen molar-refractivity contribution >= 4 is 5.91 Å². The van der Waals surface area contributed by atoms with Gasteiger partial charge in [-0.25, -0.2) is 0 Å². The first-order chi connectivity index (χ1) is 11.3. The Morgan fingerprint density at radius 2 is 2.13 bits per heavy atom. The van der Waals surface area contributed by atoms with Crippen molar-refractivity contribution in [1.29, 1.82) is 0 Å². The Kier molecular flexibility index (Phi) is 5.11. The Hall–Kier alpha value is -2.10. The van der Waals surface area contributed by atoms with Gasteiger partial charge in [0.25, 0.3) is 0 Å². The second kappa shape index (κ2) is 7.44. The number of nitrogens with zero attached hydrogens (tertiary/aromatic N) is 2. The number of aromatic nitrogens is 1. The number of pyridine rings is 1. The molecule has 1 saturated carbocycles. The maximum atomic E-state index is 12.9. The minimum atomic E-state index is 0.207. The number of carbonyl (C=O) groups is 1. The van der Waals surface area contributed by atoms with Crippen LogP contribution in [0.1, 0.15) is 43.9 Å². The monoisotopic (exact) mass is 312 g/mol. The number of hydrogen-bond donors (Lipinski definition) is 0. The summed E-state index contributed by atoms with van der Waals surface area (Å²) in [5.74, 6) is 1.88. The highest BCUT2D eigenvalue weighted by molar-refractivity contribution is 5.81. The maximum Gasteiger partial charge on any atom is 0.226 e. The molecule has 2 atom stereocenters. The van der Waals surface area contributed by atoms with Gasteiger partial charge < -0.3 is 9.32 Å². The summed E-state index contributed by atoms with van der Waals surface area (Å²) in [5.41, 5.74) is 1.10. The largest absolute Gasteiger partial charge is 0.467 e. The van der Waals surface area contributed by atoms with E-state index in [4.69, 9.17) is 4.42 Å². The van der Waals surface area contributed by atoms with E-state index < -0.39 is 0 Å². The van der Waals surface area contributed by atoms with E-state index in [-0.39, 0.29) is 11.8 Å². The number of unbranched alkanes of at least 4 members (excludes halogenated alkanes) is 1. The van der Waals surface area contributed by atoms with Crippen LogP contribution in [-0.2, 0) is 17.9 Å². The highest BCUT2D eigenvalue weighted by Gasteiger charge is 2.44. The van der Waals surface area contributed by atoms with Crippen LogP contribution in [0.3, 0.4) is 0 Å². The Bertz CT molecular complexity index is 610. The summed E-state index contributed by atoms with van der Waals surface area (Å²) in [6.07, 6.45) is 9.84. The van der Waals surface area contributed by atoms with Crippen molar-refractivity contribution in [1.82, 2.24) is 9.88 Å². The molecule has 0 bridgehead atoms. The molecule has 0 aromatic carbocycles. The van der Waals surface area contributed by atoms with Crippen LogP contribution in [0.25, 0.3) is 0 Å². The van der Waals surface area contributed by atoms with Gasteiger partial charge in [0.1, 0.15) is 5.76 Å². The number of furan rings is 1. The molecular weight excluding hydrogens is 288 g/mol. The van der Waals surface area contributed by atoms with Crippen molar-refractivity contribution in [2.45, 2.75) is 45.7 Å². The van der Waals surface area contributed by atoms with E-state index in [1.54, 1.807) is 18.7 Å². The van der Waals surface area contributed by atoms with Crippen LogP contribution < -0.4 is 0 Å². The fourth-order valence-electron chi connectivity index (χ4n) is 3.08. The fraction of sp³-hybridized carbons (Fsp3) is 0.474. The van der Waals surface area contributed by atoms with Crippen molar-refractivity contribution in [3.05, 3.63) is 54.2 Å². The minimum absolute atomic E-state index is 0.207. The Labute approximate surface area is 137 Å². The van der Waals surface area contributed by atoms with Crippen molar-refractivity contribution in [2.24, 2.45) is 11.8 Å². The normalized spacial score (nSPS) is 19.5. The van der Waals surface area contributed by atoms with Crippen LogP contribution >= 0.6 is 0 Å². The van der Waals surface area contributed by atoms with Gasteiger partial charge in [0.05, 0.1) is 12.8 Å². The number of amides is 1. The van der Waals surface area contributed by atoms with E-state index in [1.807, 2.05) is 29.2 Å². The summed E-state index contributed by atoms with van der Waals surface area (Å²) in [7, 11) is 0. The molecule has 4 heteroatoms. The number of carbonyl (C=O) groups excluding carboxylic acids is 1. The third-order valence-electron chi connectivity index (χ3n) is 4.53. The lowest BCUT2D eigenvalue weighted by atomic mass is 10.1. The molecular formula is C19H24N2O2. The first-order valence-corrected chi connectivity index (χ1v) is 8.48. The molecule has 2 aromatic rings. The highest BCUT2D eigenvalue weighted by atomic mass is 16.3. The standard InChI is InChI=1S/C19H24N2O2/c1-2-3-5-16-12-18(16)19(22)21(14-17-6-4-11-23-17)13-15-7-9-20-10-8-15/h4,6-11,16,18H,2-3,5,12-14H2,1H3/t16-,18+/m1/s1. The smallest absolute Gasteiger partial charge is 0.226 e. The average Bonchev–Trinajstić information content (AvgIpc) is 3.17. The Morgan fingerprint density at radius 1 is 1.30 bits per heavy atom. The van der Waals surface area contributed by atoms with Gasteiger partial charge >= 0.3 is 0 Å². The molecule has 122 valence electrons. The molecule has 1 aliphatic rings. The van der Waals surface area contributed by atoms with Crippen LogP contribution in [-0.4, -0.2) is 15.8 Å². The van der Waals surface area contributed by atoms with E-state index >= 15 is 0 Å². The predicted octanol–water partition coefficient (Wildman–Crippen LogP) is 4.03. The van der Waals surface area contributed by atoms with E-state index in [2.05, 4.69) is 11.9 Å². The molecule has 0 spiro atoms. The highest BCUT2D eigenvalue weighted by Crippen LogP contribution is 2.44. The lowest BCUT2D eigenvalue weighted by Gasteiger charge is -2.22. The average molecular weight is 312 g/mol. The maximum absolute atomic E-state index is 12.9. The van der Waals surface area contributed by atoms with Crippen molar-refractivity contribution < 1.29 is 9.21 Å². The predicted molar refractivity (Wildman–Crippen MR) is 88.3 cm³/mol. The third kappa shape index (κ3) is 4.21. The molecule has 0 radical (unpaired) electrons. The molecule has 1 aliphatic carbocycles. The van der Waals surface area contributed by atoms with E-state index in [0.29, 0.717) is 19.0 Å². The van der Waals surface area contributed by atoms with Gasteiger partial charge in [-0.2, -0.15) is 0 Å². The van der Waals surface area contributed by atoms with Gasteiger partial charge in [-0.3, -0.25) is 9.78 Å². The first kappa shape index (κ1) is 15.8. The van der Waals surface area contributed by atoms with Crippen LogP contribution in [0.2, 0.25) is 0 Å². The molecule has 0 saturated heterocycles. The van der Waals surface area contributed by atoms with Gasteiger partial charge in [0.15, 0.2) is 0 Å². The summed E-state index contributed by atoms with van der Waals surface area (Å²) in [5, 5.41) is 0. The lowest BCUT2D eigenvalue weighted by molar-refractivity contribution is -0.134. The molecule has 3 rings (SSSR count). The van der Waals surface area contributed by atoms with Gasteiger partial charge in [-0.05, 0) is 48.6 Å². The molecule has 0 N–H and O–H groups in total. The second-order valence-electron chi connectivity index (χ2n) is 6.37. The van der Waals surface area contributed by atoms with E-state index in [0.717, 1.165) is 17.7 Å². The van der Waals surface area contributed by atoms with Gasteiger partial charge in [-0.1, -0.05) is 19.8 Å². The number of rotatable bonds is 8. The van der Waals surface area contributed by atoms with Crippen molar-refractivity contribution in [3.8, 4) is 0 Å². The van der Waals surface area contributed by atoms with Crippen molar-refractivity contribution in [3.63, 3.8) is 0 Å². The molecule has 1 fully saturated rings. The summed E-state index contributed by atoms with van der Waals surface area (Å²) in [6, 6.07) is 7.72. The van der Waals surface area contributed by atoms with Crippen LogP contribution in [0.15, 0.2) is 47.3 Å². The summed E-state index contributed by atoms with van der Waals surface area (Å²) >= 11 is 0. The topological polar surface area (TPSA) is 46.3 Å². The first-order valence-electron chi connectivity index (χ1n) is 8.48. The molecule has 2 aromatic heterocycles. The van der Waals surface area contributed by atoms with Crippen molar-refractivity contribution in [2.75, 3.05) is 0 Å². The Balaban J connectivity index is 1.66. The molecule has 0 unspecified atom stereocenters.